The number of carbonyl (C=O) groups is 1. The van der Waals surface area contributed by atoms with E-state index in [1.165, 1.54) is 0 Å². The Balaban J connectivity index is 4.18. The van der Waals surface area contributed by atoms with E-state index in [1.54, 1.807) is 11.0 Å². The van der Waals surface area contributed by atoms with Crippen molar-refractivity contribution in [3.63, 3.8) is 0 Å². The van der Waals surface area contributed by atoms with Crippen LogP contribution in [0.5, 0.6) is 0 Å². The SMILES string of the molecule is C=CCN(CCO)C(=O)CC(N)C(C)C. The molecule has 0 rings (SSSR count). The van der Waals surface area contributed by atoms with Crippen LogP contribution < -0.4 is 5.73 Å². The summed E-state index contributed by atoms with van der Waals surface area (Å²) in [4.78, 5) is 13.3. The van der Waals surface area contributed by atoms with Gasteiger partial charge in [-0.05, 0) is 5.92 Å². The molecular formula is C11H22N2O2. The first-order valence-corrected chi connectivity index (χ1v) is 5.28. The minimum absolute atomic E-state index is 0.0230. The van der Waals surface area contributed by atoms with E-state index in [2.05, 4.69) is 6.58 Å². The zero-order valence-electron chi connectivity index (χ0n) is 9.65. The molecule has 1 atom stereocenters. The number of aliphatic hydroxyl groups excluding tert-OH is 1. The van der Waals surface area contributed by atoms with E-state index in [0.29, 0.717) is 19.5 Å². The summed E-state index contributed by atoms with van der Waals surface area (Å²) in [5.41, 5.74) is 5.81. The van der Waals surface area contributed by atoms with Crippen LogP contribution in [-0.2, 0) is 4.79 Å². The molecule has 0 fully saturated rings. The van der Waals surface area contributed by atoms with E-state index in [9.17, 15) is 4.79 Å². The fourth-order valence-electron chi connectivity index (χ4n) is 1.16. The van der Waals surface area contributed by atoms with Gasteiger partial charge >= 0.3 is 0 Å². The van der Waals surface area contributed by atoms with Gasteiger partial charge in [0.2, 0.25) is 5.91 Å². The highest BCUT2D eigenvalue weighted by atomic mass is 16.3. The molecule has 0 aliphatic rings. The number of aliphatic hydroxyl groups is 1. The van der Waals surface area contributed by atoms with E-state index in [-0.39, 0.29) is 24.5 Å². The van der Waals surface area contributed by atoms with Crippen molar-refractivity contribution < 1.29 is 9.90 Å². The number of nitrogens with two attached hydrogens (primary N) is 1. The van der Waals surface area contributed by atoms with Gasteiger partial charge in [0.05, 0.1) is 6.61 Å². The molecule has 1 amide bonds. The van der Waals surface area contributed by atoms with Crippen molar-refractivity contribution in [3.8, 4) is 0 Å². The summed E-state index contributed by atoms with van der Waals surface area (Å²) >= 11 is 0. The minimum atomic E-state index is -0.122. The van der Waals surface area contributed by atoms with Gasteiger partial charge in [-0.25, -0.2) is 0 Å². The Bertz CT molecular complexity index is 205. The second-order valence-corrected chi connectivity index (χ2v) is 3.96. The zero-order valence-corrected chi connectivity index (χ0v) is 9.65. The largest absolute Gasteiger partial charge is 0.395 e. The number of amides is 1. The van der Waals surface area contributed by atoms with Crippen LogP contribution in [0.1, 0.15) is 20.3 Å². The minimum Gasteiger partial charge on any atom is -0.395 e. The third-order valence-electron chi connectivity index (χ3n) is 2.34. The topological polar surface area (TPSA) is 66.6 Å². The molecule has 1 unspecified atom stereocenters. The maximum Gasteiger partial charge on any atom is 0.224 e. The maximum absolute atomic E-state index is 11.7. The lowest BCUT2D eigenvalue weighted by Gasteiger charge is -2.23. The molecular weight excluding hydrogens is 192 g/mol. The Morgan fingerprint density at radius 1 is 1.60 bits per heavy atom. The molecule has 0 aliphatic heterocycles. The van der Waals surface area contributed by atoms with Crippen molar-refractivity contribution in [2.45, 2.75) is 26.3 Å². The van der Waals surface area contributed by atoms with Crippen molar-refractivity contribution in [2.75, 3.05) is 19.7 Å². The molecule has 0 radical (unpaired) electrons. The molecule has 4 heteroatoms. The van der Waals surface area contributed by atoms with Crippen molar-refractivity contribution in [2.24, 2.45) is 11.7 Å². The summed E-state index contributed by atoms with van der Waals surface area (Å²) in [6.45, 7) is 8.32. The van der Waals surface area contributed by atoms with Crippen LogP contribution in [0.25, 0.3) is 0 Å². The lowest BCUT2D eigenvalue weighted by Crippen LogP contribution is -2.39. The van der Waals surface area contributed by atoms with Gasteiger partial charge in [-0.15, -0.1) is 6.58 Å². The number of hydrogen-bond acceptors (Lipinski definition) is 3. The van der Waals surface area contributed by atoms with Gasteiger partial charge in [-0.2, -0.15) is 0 Å². The third kappa shape index (κ3) is 5.54. The Labute approximate surface area is 91.8 Å². The van der Waals surface area contributed by atoms with Gasteiger partial charge in [0.25, 0.3) is 0 Å². The monoisotopic (exact) mass is 214 g/mol. The molecule has 0 heterocycles. The van der Waals surface area contributed by atoms with Crippen LogP contribution in [0.4, 0.5) is 0 Å². The van der Waals surface area contributed by atoms with Crippen LogP contribution in [0.2, 0.25) is 0 Å². The summed E-state index contributed by atoms with van der Waals surface area (Å²) in [6, 6.07) is -0.122. The molecule has 0 aromatic carbocycles. The average Bonchev–Trinajstić information content (AvgIpc) is 2.17. The normalized spacial score (nSPS) is 12.6. The molecule has 3 N–H and O–H groups in total. The first-order chi connectivity index (χ1) is 7.02. The lowest BCUT2D eigenvalue weighted by atomic mass is 10.0. The van der Waals surface area contributed by atoms with Crippen LogP contribution in [0.15, 0.2) is 12.7 Å². The van der Waals surface area contributed by atoms with Crippen LogP contribution >= 0.6 is 0 Å². The molecule has 4 nitrogen and oxygen atoms in total. The molecule has 0 spiro atoms. The highest BCUT2D eigenvalue weighted by molar-refractivity contribution is 5.77. The van der Waals surface area contributed by atoms with Gasteiger partial charge in [0, 0.05) is 25.6 Å². The van der Waals surface area contributed by atoms with Crippen molar-refractivity contribution in [1.82, 2.24) is 4.90 Å². The van der Waals surface area contributed by atoms with Crippen LogP contribution in [0, 0.1) is 5.92 Å². The maximum atomic E-state index is 11.7. The van der Waals surface area contributed by atoms with Crippen molar-refractivity contribution >= 4 is 5.91 Å². The predicted octanol–water partition coefficient (Wildman–Crippen LogP) is 0.367. The molecule has 0 aromatic rings. The van der Waals surface area contributed by atoms with E-state index in [1.807, 2.05) is 13.8 Å². The average molecular weight is 214 g/mol. The third-order valence-corrected chi connectivity index (χ3v) is 2.34. The Morgan fingerprint density at radius 3 is 2.60 bits per heavy atom. The first-order valence-electron chi connectivity index (χ1n) is 5.28. The second kappa shape index (κ2) is 7.43. The fourth-order valence-corrected chi connectivity index (χ4v) is 1.16. The van der Waals surface area contributed by atoms with Gasteiger partial charge < -0.3 is 15.7 Å². The number of hydrogen-bond donors (Lipinski definition) is 2. The Morgan fingerprint density at radius 2 is 2.20 bits per heavy atom. The Hall–Kier alpha value is -0.870. The molecule has 0 aromatic heterocycles. The van der Waals surface area contributed by atoms with Gasteiger partial charge in [0.15, 0.2) is 0 Å². The van der Waals surface area contributed by atoms with Gasteiger partial charge in [0.1, 0.15) is 0 Å². The second-order valence-electron chi connectivity index (χ2n) is 3.96. The quantitative estimate of drug-likeness (QED) is 0.602. The molecule has 88 valence electrons. The van der Waals surface area contributed by atoms with Crippen LogP contribution in [-0.4, -0.2) is 41.7 Å². The highest BCUT2D eigenvalue weighted by Crippen LogP contribution is 2.05. The molecule has 15 heavy (non-hydrogen) atoms. The summed E-state index contributed by atoms with van der Waals surface area (Å²) in [5, 5.41) is 8.80. The predicted molar refractivity (Wildman–Crippen MR) is 61.3 cm³/mol. The fraction of sp³-hybridized carbons (Fsp3) is 0.727. The standard InChI is InChI=1S/C11H22N2O2/c1-4-5-13(6-7-14)11(15)8-10(12)9(2)3/h4,9-10,14H,1,5-8,12H2,2-3H3. The van der Waals surface area contributed by atoms with Crippen molar-refractivity contribution in [1.29, 1.82) is 0 Å². The first kappa shape index (κ1) is 14.1. The summed E-state index contributed by atoms with van der Waals surface area (Å²) < 4.78 is 0. The van der Waals surface area contributed by atoms with Gasteiger partial charge in [-0.3, -0.25) is 4.79 Å². The molecule has 0 saturated carbocycles. The number of rotatable bonds is 7. The smallest absolute Gasteiger partial charge is 0.224 e. The highest BCUT2D eigenvalue weighted by Gasteiger charge is 2.17. The van der Waals surface area contributed by atoms with Crippen LogP contribution in [0.3, 0.4) is 0 Å². The number of carbonyl (C=O) groups excluding carboxylic acids is 1. The summed E-state index contributed by atoms with van der Waals surface area (Å²) in [5.74, 6) is 0.263. The van der Waals surface area contributed by atoms with E-state index in [0.717, 1.165) is 0 Å². The number of nitrogens with zero attached hydrogens (tertiary/aromatic N) is 1. The Kier molecular flexibility index (Phi) is 6.99. The van der Waals surface area contributed by atoms with E-state index in [4.69, 9.17) is 10.8 Å². The van der Waals surface area contributed by atoms with Crippen molar-refractivity contribution in [3.05, 3.63) is 12.7 Å². The summed E-state index contributed by atoms with van der Waals surface area (Å²) in [6.07, 6.45) is 1.97. The van der Waals surface area contributed by atoms with E-state index >= 15 is 0 Å². The zero-order chi connectivity index (χ0) is 11.8. The molecule has 0 bridgehead atoms. The summed E-state index contributed by atoms with van der Waals surface area (Å²) in [7, 11) is 0. The molecule has 0 aliphatic carbocycles. The van der Waals surface area contributed by atoms with E-state index < -0.39 is 0 Å². The lowest BCUT2D eigenvalue weighted by molar-refractivity contribution is -0.131. The van der Waals surface area contributed by atoms with Gasteiger partial charge in [-0.1, -0.05) is 19.9 Å². The molecule has 0 saturated heterocycles.